The molecule has 0 unspecified atom stereocenters. The minimum atomic E-state index is 0.772. The van der Waals surface area contributed by atoms with Crippen LogP contribution in [-0.2, 0) is 7.05 Å². The number of rotatable bonds is 1. The average Bonchev–Trinajstić information content (AvgIpc) is 2.87. The number of para-hydroxylation sites is 2. The van der Waals surface area contributed by atoms with Gasteiger partial charge in [0.1, 0.15) is 0 Å². The van der Waals surface area contributed by atoms with E-state index >= 15 is 0 Å². The standard InChI is InChI=1S/C10H9N5/c1-14-9-5-3-2-4-8(9)12-10(14)15-7-6-11-13-15/h2-7H,1H3. The molecule has 0 spiro atoms. The first-order valence-electron chi connectivity index (χ1n) is 4.64. The summed E-state index contributed by atoms with van der Waals surface area (Å²) in [6.07, 6.45) is 3.42. The van der Waals surface area contributed by atoms with Crippen LogP contribution in [0, 0.1) is 0 Å². The predicted octanol–water partition coefficient (Wildman–Crippen LogP) is 1.15. The maximum atomic E-state index is 4.48. The Labute approximate surface area is 86.0 Å². The second kappa shape index (κ2) is 2.91. The molecule has 0 atom stereocenters. The van der Waals surface area contributed by atoms with Crippen molar-refractivity contribution in [3.05, 3.63) is 36.7 Å². The van der Waals surface area contributed by atoms with E-state index in [1.807, 2.05) is 35.9 Å². The molecule has 0 aliphatic carbocycles. The Morgan fingerprint density at radius 3 is 2.80 bits per heavy atom. The van der Waals surface area contributed by atoms with Gasteiger partial charge in [0.2, 0.25) is 5.95 Å². The zero-order valence-corrected chi connectivity index (χ0v) is 8.20. The van der Waals surface area contributed by atoms with Crippen LogP contribution in [0.1, 0.15) is 0 Å². The van der Waals surface area contributed by atoms with E-state index in [0.29, 0.717) is 0 Å². The Balaban J connectivity index is 2.33. The molecular formula is C10H9N5. The molecule has 5 nitrogen and oxygen atoms in total. The summed E-state index contributed by atoms with van der Waals surface area (Å²) < 4.78 is 3.64. The van der Waals surface area contributed by atoms with Crippen molar-refractivity contribution in [2.75, 3.05) is 0 Å². The Hall–Kier alpha value is -2.17. The SMILES string of the molecule is Cn1c(-n2ccnn2)nc2ccccc21. The van der Waals surface area contributed by atoms with Gasteiger partial charge in [0.05, 0.1) is 23.4 Å². The van der Waals surface area contributed by atoms with Crippen molar-refractivity contribution in [3.8, 4) is 5.95 Å². The lowest BCUT2D eigenvalue weighted by Crippen LogP contribution is -2.03. The van der Waals surface area contributed by atoms with Gasteiger partial charge in [-0.05, 0) is 12.1 Å². The minimum Gasteiger partial charge on any atom is -0.311 e. The molecule has 3 rings (SSSR count). The number of benzene rings is 1. The number of hydrogen-bond acceptors (Lipinski definition) is 3. The first-order valence-corrected chi connectivity index (χ1v) is 4.64. The topological polar surface area (TPSA) is 48.5 Å². The molecule has 0 aliphatic rings. The highest BCUT2D eigenvalue weighted by Crippen LogP contribution is 2.15. The Kier molecular flexibility index (Phi) is 1.58. The zero-order valence-electron chi connectivity index (χ0n) is 8.20. The van der Waals surface area contributed by atoms with Crippen molar-refractivity contribution >= 4 is 11.0 Å². The maximum absolute atomic E-state index is 4.48. The highest BCUT2D eigenvalue weighted by molar-refractivity contribution is 5.77. The van der Waals surface area contributed by atoms with Crippen molar-refractivity contribution in [1.29, 1.82) is 0 Å². The second-order valence-electron chi connectivity index (χ2n) is 3.31. The molecule has 1 aromatic carbocycles. The van der Waals surface area contributed by atoms with Crippen molar-refractivity contribution in [3.63, 3.8) is 0 Å². The average molecular weight is 199 g/mol. The molecule has 15 heavy (non-hydrogen) atoms. The largest absolute Gasteiger partial charge is 0.311 e. The first kappa shape index (κ1) is 8.16. The van der Waals surface area contributed by atoms with Crippen LogP contribution in [0.15, 0.2) is 36.7 Å². The van der Waals surface area contributed by atoms with Crippen LogP contribution >= 0.6 is 0 Å². The smallest absolute Gasteiger partial charge is 0.232 e. The lowest BCUT2D eigenvalue weighted by Gasteiger charge is -1.99. The number of aryl methyl sites for hydroxylation is 1. The van der Waals surface area contributed by atoms with Crippen LogP contribution in [0.2, 0.25) is 0 Å². The fraction of sp³-hybridized carbons (Fsp3) is 0.100. The lowest BCUT2D eigenvalue weighted by atomic mass is 10.3. The Morgan fingerprint density at radius 2 is 2.07 bits per heavy atom. The van der Waals surface area contributed by atoms with Crippen LogP contribution in [0.5, 0.6) is 0 Å². The van der Waals surface area contributed by atoms with Gasteiger partial charge in [-0.25, -0.2) is 4.98 Å². The second-order valence-corrected chi connectivity index (χ2v) is 3.31. The molecule has 0 bridgehead atoms. The molecule has 0 fully saturated rings. The van der Waals surface area contributed by atoms with Crippen molar-refractivity contribution in [2.45, 2.75) is 0 Å². The molecule has 0 aliphatic heterocycles. The molecule has 74 valence electrons. The van der Waals surface area contributed by atoms with Gasteiger partial charge in [0.15, 0.2) is 0 Å². The summed E-state index contributed by atoms with van der Waals surface area (Å²) in [5.74, 6) is 0.772. The summed E-state index contributed by atoms with van der Waals surface area (Å²) in [6, 6.07) is 7.98. The van der Waals surface area contributed by atoms with Crippen LogP contribution in [0.25, 0.3) is 17.0 Å². The third kappa shape index (κ3) is 1.13. The van der Waals surface area contributed by atoms with Gasteiger partial charge >= 0.3 is 0 Å². The number of imidazole rings is 1. The van der Waals surface area contributed by atoms with Crippen LogP contribution in [-0.4, -0.2) is 24.5 Å². The zero-order chi connectivity index (χ0) is 10.3. The molecular weight excluding hydrogens is 190 g/mol. The number of hydrogen-bond donors (Lipinski definition) is 0. The van der Waals surface area contributed by atoms with Crippen molar-refractivity contribution in [2.24, 2.45) is 7.05 Å². The van der Waals surface area contributed by atoms with E-state index in [1.54, 1.807) is 17.1 Å². The highest BCUT2D eigenvalue weighted by Gasteiger charge is 2.08. The van der Waals surface area contributed by atoms with Gasteiger partial charge in [-0.1, -0.05) is 17.3 Å². The molecule has 5 heteroatoms. The van der Waals surface area contributed by atoms with E-state index < -0.39 is 0 Å². The maximum Gasteiger partial charge on any atom is 0.232 e. The Bertz CT molecular complexity index is 593. The quantitative estimate of drug-likeness (QED) is 0.590. The van der Waals surface area contributed by atoms with Gasteiger partial charge in [-0.3, -0.25) is 0 Å². The molecule has 0 saturated heterocycles. The summed E-state index contributed by atoms with van der Waals surface area (Å²) in [6.45, 7) is 0. The number of aromatic nitrogens is 5. The predicted molar refractivity (Wildman–Crippen MR) is 55.6 cm³/mol. The summed E-state index contributed by atoms with van der Waals surface area (Å²) in [7, 11) is 1.96. The third-order valence-electron chi connectivity index (χ3n) is 2.39. The Morgan fingerprint density at radius 1 is 1.20 bits per heavy atom. The van der Waals surface area contributed by atoms with Crippen LogP contribution in [0.3, 0.4) is 0 Å². The van der Waals surface area contributed by atoms with Crippen LogP contribution in [0.4, 0.5) is 0 Å². The van der Waals surface area contributed by atoms with E-state index in [2.05, 4.69) is 15.3 Å². The lowest BCUT2D eigenvalue weighted by molar-refractivity contribution is 0.723. The molecule has 0 saturated carbocycles. The number of nitrogens with zero attached hydrogens (tertiary/aromatic N) is 5. The highest BCUT2D eigenvalue weighted by atomic mass is 15.5. The molecule has 0 radical (unpaired) electrons. The molecule has 2 aromatic heterocycles. The normalized spacial score (nSPS) is 11.0. The molecule has 2 heterocycles. The number of fused-ring (bicyclic) bond motifs is 1. The van der Waals surface area contributed by atoms with Crippen LogP contribution < -0.4 is 0 Å². The van der Waals surface area contributed by atoms with E-state index in [4.69, 9.17) is 0 Å². The van der Waals surface area contributed by atoms with Gasteiger partial charge < -0.3 is 4.57 Å². The fourth-order valence-electron chi connectivity index (χ4n) is 1.65. The summed E-state index contributed by atoms with van der Waals surface area (Å²) >= 11 is 0. The van der Waals surface area contributed by atoms with Gasteiger partial charge in [0, 0.05) is 7.05 Å². The van der Waals surface area contributed by atoms with E-state index in [1.165, 1.54) is 0 Å². The fourth-order valence-corrected chi connectivity index (χ4v) is 1.65. The molecule has 0 amide bonds. The third-order valence-corrected chi connectivity index (χ3v) is 2.39. The van der Waals surface area contributed by atoms with Gasteiger partial charge in [0.25, 0.3) is 0 Å². The van der Waals surface area contributed by atoms with Gasteiger partial charge in [-0.15, -0.1) is 5.10 Å². The van der Waals surface area contributed by atoms with E-state index in [9.17, 15) is 0 Å². The van der Waals surface area contributed by atoms with E-state index in [0.717, 1.165) is 17.0 Å². The molecule has 0 N–H and O–H groups in total. The first-order chi connectivity index (χ1) is 7.36. The summed E-state index contributed by atoms with van der Waals surface area (Å²) in [5, 5.41) is 7.70. The van der Waals surface area contributed by atoms with Crippen molar-refractivity contribution in [1.82, 2.24) is 24.5 Å². The monoisotopic (exact) mass is 199 g/mol. The van der Waals surface area contributed by atoms with Crippen molar-refractivity contribution < 1.29 is 0 Å². The molecule has 3 aromatic rings. The minimum absolute atomic E-state index is 0.772. The van der Waals surface area contributed by atoms with E-state index in [-0.39, 0.29) is 0 Å². The summed E-state index contributed by atoms with van der Waals surface area (Å²) in [5.41, 5.74) is 2.05. The van der Waals surface area contributed by atoms with Gasteiger partial charge in [-0.2, -0.15) is 4.68 Å². The summed E-state index contributed by atoms with van der Waals surface area (Å²) in [4.78, 5) is 4.48.